The smallest absolute Gasteiger partial charge is 0.268 e. The van der Waals surface area contributed by atoms with Gasteiger partial charge in [0.25, 0.3) is 16.0 Å². The summed E-state index contributed by atoms with van der Waals surface area (Å²) in [6, 6.07) is 14.3. The minimum atomic E-state index is -4.08. The Labute approximate surface area is 188 Å². The Balaban J connectivity index is 1.50. The number of carbonyl (C=O) groups is 1. The second kappa shape index (κ2) is 7.92. The molecule has 0 unspecified atom stereocenters. The van der Waals surface area contributed by atoms with Gasteiger partial charge in [-0.2, -0.15) is 4.98 Å². The van der Waals surface area contributed by atoms with Crippen LogP contribution in [0.15, 0.2) is 58.8 Å². The van der Waals surface area contributed by atoms with Crippen molar-refractivity contribution in [2.24, 2.45) is 0 Å². The van der Waals surface area contributed by atoms with E-state index in [1.165, 1.54) is 24.5 Å². The number of thiazole rings is 1. The maximum absolute atomic E-state index is 13.2. The molecular formula is C21H19N5O4S2. The van der Waals surface area contributed by atoms with E-state index < -0.39 is 10.0 Å². The number of benzene rings is 2. The Morgan fingerprint density at radius 2 is 1.97 bits per heavy atom. The lowest BCUT2D eigenvalue weighted by Crippen LogP contribution is -2.24. The number of ether oxygens (including phenoxy) is 1. The molecule has 0 bridgehead atoms. The van der Waals surface area contributed by atoms with Crippen LogP contribution in [0.25, 0.3) is 16.2 Å². The highest BCUT2D eigenvalue weighted by Crippen LogP contribution is 2.32. The van der Waals surface area contributed by atoms with Crippen molar-refractivity contribution in [1.82, 2.24) is 14.6 Å². The van der Waals surface area contributed by atoms with E-state index in [9.17, 15) is 13.2 Å². The first kappa shape index (κ1) is 20.5. The molecule has 32 heavy (non-hydrogen) atoms. The predicted octanol–water partition coefficient (Wildman–Crippen LogP) is 3.39. The molecule has 1 aliphatic heterocycles. The van der Waals surface area contributed by atoms with E-state index >= 15 is 0 Å². The van der Waals surface area contributed by atoms with Crippen molar-refractivity contribution in [2.45, 2.75) is 17.7 Å². The third kappa shape index (κ3) is 3.59. The quantitative estimate of drug-likeness (QED) is 0.464. The summed E-state index contributed by atoms with van der Waals surface area (Å²) in [6.45, 7) is 0.555. The molecule has 164 valence electrons. The third-order valence-corrected chi connectivity index (χ3v) is 7.36. The molecule has 3 heterocycles. The van der Waals surface area contributed by atoms with Crippen LogP contribution in [0.4, 0.5) is 11.6 Å². The van der Waals surface area contributed by atoms with Gasteiger partial charge >= 0.3 is 0 Å². The molecule has 1 saturated heterocycles. The Hall–Kier alpha value is -3.44. The number of fused-ring (bicyclic) bond motifs is 1. The number of rotatable bonds is 6. The van der Waals surface area contributed by atoms with Gasteiger partial charge in [-0.1, -0.05) is 30.3 Å². The van der Waals surface area contributed by atoms with Crippen molar-refractivity contribution in [1.29, 1.82) is 0 Å². The van der Waals surface area contributed by atoms with Crippen LogP contribution in [-0.4, -0.2) is 42.6 Å². The fourth-order valence-electron chi connectivity index (χ4n) is 3.67. The summed E-state index contributed by atoms with van der Waals surface area (Å²) in [7, 11) is -2.68. The number of amides is 1. The molecule has 4 aromatic rings. The van der Waals surface area contributed by atoms with Gasteiger partial charge in [-0.15, -0.1) is 16.4 Å². The summed E-state index contributed by atoms with van der Waals surface area (Å²) in [4.78, 5) is 18.5. The van der Waals surface area contributed by atoms with E-state index in [1.807, 2.05) is 35.7 Å². The number of hydrogen-bond acceptors (Lipinski definition) is 7. The minimum Gasteiger partial charge on any atom is -0.495 e. The Kier molecular flexibility index (Phi) is 5.06. The number of methoxy groups -OCH3 is 1. The highest BCUT2D eigenvalue weighted by atomic mass is 32.2. The molecule has 1 aliphatic rings. The van der Waals surface area contributed by atoms with Gasteiger partial charge in [0.1, 0.15) is 10.6 Å². The maximum atomic E-state index is 13.2. The molecule has 1 N–H and O–H groups in total. The number of nitrogens with zero attached hydrogens (tertiary/aromatic N) is 4. The van der Waals surface area contributed by atoms with Gasteiger partial charge in [-0.3, -0.25) is 4.79 Å². The Morgan fingerprint density at radius 1 is 1.16 bits per heavy atom. The maximum Gasteiger partial charge on any atom is 0.268 e. The molecule has 5 rings (SSSR count). The van der Waals surface area contributed by atoms with Crippen LogP contribution < -0.4 is 14.4 Å². The molecule has 0 saturated carbocycles. The van der Waals surface area contributed by atoms with E-state index in [4.69, 9.17) is 4.74 Å². The normalized spacial score (nSPS) is 14.3. The molecule has 0 spiro atoms. The van der Waals surface area contributed by atoms with E-state index in [0.717, 1.165) is 17.7 Å². The zero-order valence-corrected chi connectivity index (χ0v) is 18.7. The van der Waals surface area contributed by atoms with Crippen LogP contribution in [-0.2, 0) is 14.8 Å². The molecule has 1 fully saturated rings. The largest absolute Gasteiger partial charge is 0.495 e. The Morgan fingerprint density at radius 3 is 2.69 bits per heavy atom. The van der Waals surface area contributed by atoms with Gasteiger partial charge in [-0.05, 0) is 24.6 Å². The van der Waals surface area contributed by atoms with Gasteiger partial charge in [-0.25, -0.2) is 17.7 Å². The SMILES string of the molecule is COc1ccc(N2CCCC2=O)cc1S(=O)(=O)Nc1nc2scc(-c3ccccc3)n2n1. The molecular weight excluding hydrogens is 450 g/mol. The summed E-state index contributed by atoms with van der Waals surface area (Å²) < 4.78 is 35.7. The van der Waals surface area contributed by atoms with Crippen LogP contribution in [0.2, 0.25) is 0 Å². The zero-order valence-electron chi connectivity index (χ0n) is 17.1. The number of nitrogens with one attached hydrogen (secondary N) is 1. The van der Waals surface area contributed by atoms with Crippen LogP contribution in [0, 0.1) is 0 Å². The molecule has 11 heteroatoms. The molecule has 0 atom stereocenters. The second-order valence-electron chi connectivity index (χ2n) is 7.21. The lowest BCUT2D eigenvalue weighted by Gasteiger charge is -2.18. The molecule has 2 aromatic heterocycles. The van der Waals surface area contributed by atoms with E-state index in [2.05, 4.69) is 14.8 Å². The van der Waals surface area contributed by atoms with Crippen molar-refractivity contribution >= 4 is 43.9 Å². The lowest BCUT2D eigenvalue weighted by atomic mass is 10.2. The highest BCUT2D eigenvalue weighted by Gasteiger charge is 2.27. The number of aromatic nitrogens is 3. The number of carbonyl (C=O) groups excluding carboxylic acids is 1. The highest BCUT2D eigenvalue weighted by molar-refractivity contribution is 7.92. The average Bonchev–Trinajstić information content (AvgIpc) is 3.49. The van der Waals surface area contributed by atoms with Crippen LogP contribution >= 0.6 is 11.3 Å². The molecule has 2 aromatic carbocycles. The van der Waals surface area contributed by atoms with Gasteiger partial charge in [0, 0.05) is 29.6 Å². The average molecular weight is 470 g/mol. The molecule has 0 aliphatic carbocycles. The first-order valence-corrected chi connectivity index (χ1v) is 12.2. The summed E-state index contributed by atoms with van der Waals surface area (Å²) >= 11 is 1.36. The minimum absolute atomic E-state index is 0.0316. The van der Waals surface area contributed by atoms with Crippen molar-refractivity contribution in [3.05, 3.63) is 53.9 Å². The summed E-state index contributed by atoms with van der Waals surface area (Å²) in [5.74, 6) is 0.0912. The topological polar surface area (TPSA) is 106 Å². The Bertz CT molecular complexity index is 1410. The fraction of sp³-hybridized carbons (Fsp3) is 0.190. The van der Waals surface area contributed by atoms with Crippen molar-refractivity contribution in [3.8, 4) is 17.0 Å². The third-order valence-electron chi connectivity index (χ3n) is 5.20. The number of anilines is 2. The van der Waals surface area contributed by atoms with E-state index in [0.29, 0.717) is 23.6 Å². The van der Waals surface area contributed by atoms with Gasteiger partial charge in [0.2, 0.25) is 10.9 Å². The monoisotopic (exact) mass is 469 g/mol. The van der Waals surface area contributed by atoms with Crippen molar-refractivity contribution in [2.75, 3.05) is 23.3 Å². The molecule has 0 radical (unpaired) electrons. The number of sulfonamides is 1. The van der Waals surface area contributed by atoms with Crippen LogP contribution in [0.5, 0.6) is 5.75 Å². The molecule has 9 nitrogen and oxygen atoms in total. The van der Waals surface area contributed by atoms with Gasteiger partial charge in [0.15, 0.2) is 0 Å². The van der Waals surface area contributed by atoms with E-state index in [-0.39, 0.29) is 22.5 Å². The van der Waals surface area contributed by atoms with E-state index in [1.54, 1.807) is 21.5 Å². The predicted molar refractivity (Wildman–Crippen MR) is 122 cm³/mol. The van der Waals surface area contributed by atoms with Gasteiger partial charge < -0.3 is 9.64 Å². The van der Waals surface area contributed by atoms with Crippen molar-refractivity contribution < 1.29 is 17.9 Å². The van der Waals surface area contributed by atoms with Gasteiger partial charge in [0.05, 0.1) is 12.8 Å². The first-order valence-electron chi connectivity index (χ1n) is 9.87. The first-order chi connectivity index (χ1) is 15.5. The van der Waals surface area contributed by atoms with Crippen LogP contribution in [0.3, 0.4) is 0 Å². The second-order valence-corrected chi connectivity index (χ2v) is 9.69. The molecule has 1 amide bonds. The summed E-state index contributed by atoms with van der Waals surface area (Å²) in [5, 5.41) is 6.27. The fourth-order valence-corrected chi connectivity index (χ4v) is 5.63. The van der Waals surface area contributed by atoms with Crippen LogP contribution in [0.1, 0.15) is 12.8 Å². The number of hydrogen-bond donors (Lipinski definition) is 1. The summed E-state index contributed by atoms with van der Waals surface area (Å²) in [6.07, 6.45) is 1.19. The summed E-state index contributed by atoms with van der Waals surface area (Å²) in [5.41, 5.74) is 2.28. The lowest BCUT2D eigenvalue weighted by molar-refractivity contribution is -0.117. The zero-order chi connectivity index (χ0) is 22.3. The van der Waals surface area contributed by atoms with Crippen molar-refractivity contribution in [3.63, 3.8) is 0 Å². The standard InChI is InChI=1S/C21H19N5O4S2/c1-30-17-10-9-15(25-11-5-8-19(25)27)12-18(17)32(28,29)24-20-22-21-26(23-20)16(13-31-21)14-6-3-2-4-7-14/h2-4,6-7,9-10,12-13H,5,8,11H2,1H3,(H,23,24).